The topological polar surface area (TPSA) is 76.1 Å². The van der Waals surface area contributed by atoms with Crippen molar-refractivity contribution in [1.82, 2.24) is 10.2 Å². The van der Waals surface area contributed by atoms with Crippen LogP contribution in [0.2, 0.25) is 0 Å². The van der Waals surface area contributed by atoms with Gasteiger partial charge in [-0.3, -0.25) is 4.79 Å². The van der Waals surface area contributed by atoms with Crippen LogP contribution < -0.4 is 15.4 Å². The maximum atomic E-state index is 12.4. The van der Waals surface area contributed by atoms with Crippen LogP contribution >= 0.6 is 0 Å². The van der Waals surface area contributed by atoms with E-state index in [0.29, 0.717) is 30.4 Å². The molecule has 0 aliphatic heterocycles. The second-order valence-corrected chi connectivity index (χ2v) is 5.53. The summed E-state index contributed by atoms with van der Waals surface area (Å²) in [5, 5.41) is 14.0. The molecule has 2 aromatic carbocycles. The maximum Gasteiger partial charge on any atom is 0.276 e. The van der Waals surface area contributed by atoms with Crippen LogP contribution in [0, 0.1) is 0 Å². The third-order valence-electron chi connectivity index (χ3n) is 3.65. The smallest absolute Gasteiger partial charge is 0.276 e. The third-order valence-corrected chi connectivity index (χ3v) is 3.65. The zero-order chi connectivity index (χ0) is 18.2. The first-order valence-corrected chi connectivity index (χ1v) is 8.41. The van der Waals surface area contributed by atoms with Crippen molar-refractivity contribution in [2.75, 3.05) is 17.2 Å². The lowest BCUT2D eigenvalue weighted by Crippen LogP contribution is -2.15. The number of anilines is 2. The lowest BCUT2D eigenvalue weighted by molar-refractivity contribution is 0.102. The molecule has 0 atom stereocenters. The number of ether oxygens (including phenoxy) is 1. The number of aromatic nitrogens is 2. The number of carbonyl (C=O) groups is 1. The van der Waals surface area contributed by atoms with E-state index < -0.39 is 0 Å². The van der Waals surface area contributed by atoms with E-state index in [1.54, 1.807) is 24.3 Å². The molecular formula is C20H20N4O2. The minimum atomic E-state index is -0.334. The summed E-state index contributed by atoms with van der Waals surface area (Å²) < 4.78 is 5.51. The molecule has 3 aromatic rings. The summed E-state index contributed by atoms with van der Waals surface area (Å²) in [6.07, 6.45) is 0. The Morgan fingerprint density at radius 3 is 2.46 bits per heavy atom. The van der Waals surface area contributed by atoms with Crippen LogP contribution in [0.3, 0.4) is 0 Å². The Balaban J connectivity index is 1.62. The second-order valence-electron chi connectivity index (χ2n) is 5.53. The van der Waals surface area contributed by atoms with E-state index in [1.165, 1.54) is 0 Å². The summed E-state index contributed by atoms with van der Waals surface area (Å²) in [5.41, 5.74) is 1.98. The monoisotopic (exact) mass is 348 g/mol. The van der Waals surface area contributed by atoms with E-state index in [-0.39, 0.29) is 11.6 Å². The fourth-order valence-corrected chi connectivity index (χ4v) is 2.37. The number of rotatable bonds is 7. The molecule has 0 spiro atoms. The van der Waals surface area contributed by atoms with E-state index in [2.05, 4.69) is 20.8 Å². The summed E-state index contributed by atoms with van der Waals surface area (Å²) in [6.45, 7) is 3.06. The number of hydrogen-bond acceptors (Lipinski definition) is 5. The molecule has 0 aliphatic rings. The Hall–Kier alpha value is -3.41. The summed E-state index contributed by atoms with van der Waals surface area (Å²) in [7, 11) is 0. The average molecular weight is 348 g/mol. The lowest BCUT2D eigenvalue weighted by atomic mass is 10.2. The van der Waals surface area contributed by atoms with Gasteiger partial charge in [0.25, 0.3) is 5.91 Å². The van der Waals surface area contributed by atoms with Gasteiger partial charge < -0.3 is 15.4 Å². The zero-order valence-corrected chi connectivity index (χ0v) is 14.5. The minimum absolute atomic E-state index is 0.238. The summed E-state index contributed by atoms with van der Waals surface area (Å²) >= 11 is 0. The molecule has 3 rings (SSSR count). The van der Waals surface area contributed by atoms with Gasteiger partial charge in [0.1, 0.15) is 11.6 Å². The number of nitrogens with one attached hydrogen (secondary N) is 2. The van der Waals surface area contributed by atoms with Crippen molar-refractivity contribution in [3.63, 3.8) is 0 Å². The van der Waals surface area contributed by atoms with Crippen LogP contribution in [0.25, 0.3) is 0 Å². The molecule has 0 bridgehead atoms. The van der Waals surface area contributed by atoms with Crippen LogP contribution in [-0.2, 0) is 6.54 Å². The normalized spacial score (nSPS) is 10.2. The predicted octanol–water partition coefficient (Wildman–Crippen LogP) is 3.74. The summed E-state index contributed by atoms with van der Waals surface area (Å²) in [5.74, 6) is 0.900. The summed E-state index contributed by atoms with van der Waals surface area (Å²) in [4.78, 5) is 12.4. The summed E-state index contributed by atoms with van der Waals surface area (Å²) in [6, 6.07) is 20.6. The molecular weight excluding hydrogens is 328 g/mol. The number of hydrogen-bond donors (Lipinski definition) is 2. The minimum Gasteiger partial charge on any atom is -0.492 e. The fraction of sp³-hybridized carbons (Fsp3) is 0.150. The Morgan fingerprint density at radius 2 is 1.73 bits per heavy atom. The van der Waals surface area contributed by atoms with Crippen molar-refractivity contribution in [3.05, 3.63) is 78.0 Å². The van der Waals surface area contributed by atoms with E-state index in [1.807, 2.05) is 49.4 Å². The Kier molecular flexibility index (Phi) is 5.77. The first kappa shape index (κ1) is 17.4. The van der Waals surface area contributed by atoms with Crippen molar-refractivity contribution >= 4 is 17.4 Å². The van der Waals surface area contributed by atoms with Gasteiger partial charge in [0.2, 0.25) is 0 Å². The fourth-order valence-electron chi connectivity index (χ4n) is 2.37. The van der Waals surface area contributed by atoms with Crippen molar-refractivity contribution < 1.29 is 9.53 Å². The van der Waals surface area contributed by atoms with Gasteiger partial charge in [-0.15, -0.1) is 10.2 Å². The van der Waals surface area contributed by atoms with Gasteiger partial charge in [0.05, 0.1) is 12.3 Å². The van der Waals surface area contributed by atoms with Gasteiger partial charge in [0.15, 0.2) is 5.69 Å². The maximum absolute atomic E-state index is 12.4. The SMILES string of the molecule is CCOc1ccccc1NC(=O)c1ccc(NCc2ccccc2)nn1. The molecule has 6 heteroatoms. The molecule has 0 saturated carbocycles. The number of nitrogens with zero attached hydrogens (tertiary/aromatic N) is 2. The van der Waals surface area contributed by atoms with Crippen molar-refractivity contribution in [1.29, 1.82) is 0 Å². The highest BCUT2D eigenvalue weighted by molar-refractivity contribution is 6.03. The number of amides is 1. The van der Waals surface area contributed by atoms with Gasteiger partial charge in [0, 0.05) is 6.54 Å². The highest BCUT2D eigenvalue weighted by atomic mass is 16.5. The van der Waals surface area contributed by atoms with E-state index in [4.69, 9.17) is 4.74 Å². The van der Waals surface area contributed by atoms with E-state index in [9.17, 15) is 4.79 Å². The van der Waals surface area contributed by atoms with Gasteiger partial charge in [-0.1, -0.05) is 42.5 Å². The number of carbonyl (C=O) groups excluding carboxylic acids is 1. The molecule has 1 aromatic heterocycles. The average Bonchev–Trinajstić information content (AvgIpc) is 2.69. The molecule has 132 valence electrons. The van der Waals surface area contributed by atoms with Crippen molar-refractivity contribution in [3.8, 4) is 5.75 Å². The zero-order valence-electron chi connectivity index (χ0n) is 14.5. The molecule has 6 nitrogen and oxygen atoms in total. The first-order valence-electron chi connectivity index (χ1n) is 8.41. The largest absolute Gasteiger partial charge is 0.492 e. The van der Waals surface area contributed by atoms with Gasteiger partial charge in [-0.25, -0.2) is 0 Å². The quantitative estimate of drug-likeness (QED) is 0.680. The number of benzene rings is 2. The van der Waals surface area contributed by atoms with E-state index >= 15 is 0 Å². The van der Waals surface area contributed by atoms with Gasteiger partial charge in [-0.05, 0) is 36.8 Å². The van der Waals surface area contributed by atoms with Gasteiger partial charge in [-0.2, -0.15) is 0 Å². The molecule has 0 unspecified atom stereocenters. The van der Waals surface area contributed by atoms with Crippen LogP contribution in [-0.4, -0.2) is 22.7 Å². The second kappa shape index (κ2) is 8.62. The molecule has 0 aliphatic carbocycles. The third kappa shape index (κ3) is 4.57. The lowest BCUT2D eigenvalue weighted by Gasteiger charge is -2.11. The molecule has 0 fully saturated rings. The van der Waals surface area contributed by atoms with Gasteiger partial charge >= 0.3 is 0 Å². The number of para-hydroxylation sites is 2. The molecule has 2 N–H and O–H groups in total. The predicted molar refractivity (Wildman–Crippen MR) is 101 cm³/mol. The standard InChI is InChI=1S/C20H20N4O2/c1-2-26-18-11-7-6-10-16(18)22-20(25)17-12-13-19(24-23-17)21-14-15-8-4-3-5-9-15/h3-13H,2,14H2,1H3,(H,21,24)(H,22,25). The Morgan fingerprint density at radius 1 is 0.962 bits per heavy atom. The first-order chi connectivity index (χ1) is 12.8. The highest BCUT2D eigenvalue weighted by Crippen LogP contribution is 2.24. The molecule has 1 heterocycles. The van der Waals surface area contributed by atoms with Crippen molar-refractivity contribution in [2.45, 2.75) is 13.5 Å². The Bertz CT molecular complexity index is 851. The highest BCUT2D eigenvalue weighted by Gasteiger charge is 2.11. The van der Waals surface area contributed by atoms with Crippen LogP contribution in [0.4, 0.5) is 11.5 Å². The van der Waals surface area contributed by atoms with Crippen molar-refractivity contribution in [2.24, 2.45) is 0 Å². The van der Waals surface area contributed by atoms with Crippen LogP contribution in [0.1, 0.15) is 23.0 Å². The molecule has 0 radical (unpaired) electrons. The molecule has 0 saturated heterocycles. The molecule has 26 heavy (non-hydrogen) atoms. The molecule has 1 amide bonds. The van der Waals surface area contributed by atoms with E-state index in [0.717, 1.165) is 5.56 Å². The van der Waals surface area contributed by atoms with Crippen LogP contribution in [0.5, 0.6) is 5.75 Å². The Labute approximate surface area is 152 Å². The van der Waals surface area contributed by atoms with Crippen LogP contribution in [0.15, 0.2) is 66.7 Å².